The first-order valence-corrected chi connectivity index (χ1v) is 9.34. The molecule has 24 heavy (non-hydrogen) atoms. The van der Waals surface area contributed by atoms with Gasteiger partial charge < -0.3 is 4.74 Å². The van der Waals surface area contributed by atoms with Gasteiger partial charge in [-0.2, -0.15) is 0 Å². The SMILES string of the molecule is Cc1ccc(Cl)c(O[C@@H](C)C(=O)Nc2nc3c(s2)C[C@@H](C)CC3)c1. The van der Waals surface area contributed by atoms with Crippen molar-refractivity contribution in [3.05, 3.63) is 39.4 Å². The van der Waals surface area contributed by atoms with Crippen molar-refractivity contribution in [3.63, 3.8) is 0 Å². The lowest BCUT2D eigenvalue weighted by Gasteiger charge is -2.15. The van der Waals surface area contributed by atoms with Gasteiger partial charge >= 0.3 is 0 Å². The average Bonchev–Trinajstić information content (AvgIpc) is 2.92. The second-order valence-electron chi connectivity index (χ2n) is 6.42. The van der Waals surface area contributed by atoms with E-state index in [1.54, 1.807) is 24.3 Å². The molecule has 3 rings (SSSR count). The number of nitrogens with one attached hydrogen (secondary N) is 1. The third-order valence-corrected chi connectivity index (χ3v) is 5.52. The number of carbonyl (C=O) groups is 1. The molecule has 0 saturated carbocycles. The number of nitrogens with zero attached hydrogens (tertiary/aromatic N) is 1. The molecule has 0 spiro atoms. The summed E-state index contributed by atoms with van der Waals surface area (Å²) in [6, 6.07) is 5.50. The van der Waals surface area contributed by atoms with Crippen molar-refractivity contribution in [1.82, 2.24) is 4.98 Å². The number of amides is 1. The molecule has 1 heterocycles. The van der Waals surface area contributed by atoms with Gasteiger partial charge in [-0.15, -0.1) is 11.3 Å². The van der Waals surface area contributed by atoms with Crippen molar-refractivity contribution in [2.75, 3.05) is 5.32 Å². The molecule has 1 aliphatic rings. The van der Waals surface area contributed by atoms with Gasteiger partial charge in [0.25, 0.3) is 5.91 Å². The van der Waals surface area contributed by atoms with E-state index in [0.717, 1.165) is 30.5 Å². The molecular formula is C18H21ClN2O2S. The zero-order valence-corrected chi connectivity index (χ0v) is 15.6. The zero-order valence-electron chi connectivity index (χ0n) is 14.1. The minimum atomic E-state index is -0.649. The molecule has 2 atom stereocenters. The van der Waals surface area contributed by atoms with Gasteiger partial charge in [-0.3, -0.25) is 10.1 Å². The van der Waals surface area contributed by atoms with Crippen molar-refractivity contribution < 1.29 is 9.53 Å². The molecular weight excluding hydrogens is 344 g/mol. The Morgan fingerprint density at radius 1 is 1.50 bits per heavy atom. The lowest BCUT2D eigenvalue weighted by molar-refractivity contribution is -0.122. The number of anilines is 1. The maximum absolute atomic E-state index is 12.4. The second kappa shape index (κ2) is 7.11. The summed E-state index contributed by atoms with van der Waals surface area (Å²) in [4.78, 5) is 18.2. The van der Waals surface area contributed by atoms with E-state index in [4.69, 9.17) is 16.3 Å². The lowest BCUT2D eigenvalue weighted by atomic mass is 9.93. The summed E-state index contributed by atoms with van der Waals surface area (Å²) in [5, 5.41) is 4.02. The van der Waals surface area contributed by atoms with E-state index in [2.05, 4.69) is 17.2 Å². The van der Waals surface area contributed by atoms with Crippen molar-refractivity contribution in [2.45, 2.75) is 46.1 Å². The largest absolute Gasteiger partial charge is 0.479 e. The summed E-state index contributed by atoms with van der Waals surface area (Å²) in [5.74, 6) is 0.991. The molecule has 1 aliphatic carbocycles. The molecule has 0 fully saturated rings. The molecule has 0 unspecified atom stereocenters. The van der Waals surface area contributed by atoms with Gasteiger partial charge in [0.2, 0.25) is 0 Å². The Morgan fingerprint density at radius 3 is 3.08 bits per heavy atom. The van der Waals surface area contributed by atoms with Crippen molar-refractivity contribution in [2.24, 2.45) is 5.92 Å². The number of hydrogen-bond donors (Lipinski definition) is 1. The number of thiazole rings is 1. The maximum Gasteiger partial charge on any atom is 0.266 e. The van der Waals surface area contributed by atoms with Gasteiger partial charge in [0.05, 0.1) is 10.7 Å². The van der Waals surface area contributed by atoms with Crippen molar-refractivity contribution in [1.29, 1.82) is 0 Å². The van der Waals surface area contributed by atoms with E-state index in [9.17, 15) is 4.79 Å². The molecule has 1 aromatic heterocycles. The monoisotopic (exact) mass is 364 g/mol. The summed E-state index contributed by atoms with van der Waals surface area (Å²) in [5.41, 5.74) is 2.16. The van der Waals surface area contributed by atoms with Crippen LogP contribution < -0.4 is 10.1 Å². The average molecular weight is 365 g/mol. The van der Waals surface area contributed by atoms with Crippen molar-refractivity contribution >= 4 is 34.0 Å². The minimum absolute atomic E-state index is 0.216. The van der Waals surface area contributed by atoms with Gasteiger partial charge in [0.1, 0.15) is 5.75 Å². The van der Waals surface area contributed by atoms with Crippen LogP contribution in [0, 0.1) is 12.8 Å². The van der Waals surface area contributed by atoms with Gasteiger partial charge in [0, 0.05) is 4.88 Å². The van der Waals surface area contributed by atoms with Crippen LogP contribution in [0.2, 0.25) is 5.02 Å². The molecule has 0 saturated heterocycles. The predicted molar refractivity (Wildman–Crippen MR) is 98.2 cm³/mol. The topological polar surface area (TPSA) is 51.2 Å². The highest BCUT2D eigenvalue weighted by Crippen LogP contribution is 2.32. The van der Waals surface area contributed by atoms with E-state index in [0.29, 0.717) is 21.8 Å². The quantitative estimate of drug-likeness (QED) is 0.860. The number of aryl methyl sites for hydroxylation is 2. The fourth-order valence-electron chi connectivity index (χ4n) is 2.75. The lowest BCUT2D eigenvalue weighted by Crippen LogP contribution is -2.30. The Bertz CT molecular complexity index is 759. The number of benzene rings is 1. The molecule has 128 valence electrons. The van der Waals surface area contributed by atoms with E-state index >= 15 is 0 Å². The zero-order chi connectivity index (χ0) is 17.3. The van der Waals surface area contributed by atoms with E-state index < -0.39 is 6.10 Å². The summed E-state index contributed by atoms with van der Waals surface area (Å²) < 4.78 is 5.71. The molecule has 1 aromatic carbocycles. The van der Waals surface area contributed by atoms with Crippen LogP contribution >= 0.6 is 22.9 Å². The van der Waals surface area contributed by atoms with Crippen LogP contribution in [0.3, 0.4) is 0 Å². The first kappa shape index (κ1) is 17.2. The van der Waals surface area contributed by atoms with E-state index in [1.807, 2.05) is 19.1 Å². The number of fused-ring (bicyclic) bond motifs is 1. The van der Waals surface area contributed by atoms with Gasteiger partial charge in [0.15, 0.2) is 11.2 Å². The number of ether oxygens (including phenoxy) is 1. The first-order chi connectivity index (χ1) is 11.4. The van der Waals surface area contributed by atoms with Crippen LogP contribution in [-0.2, 0) is 17.6 Å². The van der Waals surface area contributed by atoms with Crippen LogP contribution in [0.15, 0.2) is 18.2 Å². The minimum Gasteiger partial charge on any atom is -0.479 e. The Hall–Kier alpha value is -1.59. The van der Waals surface area contributed by atoms with Crippen molar-refractivity contribution in [3.8, 4) is 5.75 Å². The molecule has 6 heteroatoms. The summed E-state index contributed by atoms with van der Waals surface area (Å²) in [7, 11) is 0. The second-order valence-corrected chi connectivity index (χ2v) is 7.91. The Morgan fingerprint density at radius 2 is 2.29 bits per heavy atom. The molecule has 0 radical (unpaired) electrons. The number of hydrogen-bond acceptors (Lipinski definition) is 4. The third-order valence-electron chi connectivity index (χ3n) is 4.18. The normalized spacial score (nSPS) is 17.9. The van der Waals surface area contributed by atoms with Crippen LogP contribution in [0.25, 0.3) is 0 Å². The highest BCUT2D eigenvalue weighted by molar-refractivity contribution is 7.15. The summed E-state index contributed by atoms with van der Waals surface area (Å²) in [6.07, 6.45) is 2.56. The van der Waals surface area contributed by atoms with Crippen LogP contribution in [-0.4, -0.2) is 17.0 Å². The Balaban J connectivity index is 1.65. The molecule has 0 bridgehead atoms. The maximum atomic E-state index is 12.4. The van der Waals surface area contributed by atoms with Gasteiger partial charge in [-0.25, -0.2) is 4.98 Å². The molecule has 0 aliphatic heterocycles. The van der Waals surface area contributed by atoms with E-state index in [1.165, 1.54) is 4.88 Å². The highest BCUT2D eigenvalue weighted by atomic mass is 35.5. The number of aromatic nitrogens is 1. The summed E-state index contributed by atoms with van der Waals surface area (Å²) >= 11 is 7.69. The highest BCUT2D eigenvalue weighted by Gasteiger charge is 2.22. The molecule has 2 aromatic rings. The fraction of sp³-hybridized carbons (Fsp3) is 0.444. The fourth-order valence-corrected chi connectivity index (χ4v) is 4.08. The molecule has 4 nitrogen and oxygen atoms in total. The molecule has 1 N–H and O–H groups in total. The summed E-state index contributed by atoms with van der Waals surface area (Å²) in [6.45, 7) is 5.92. The standard InChI is InChI=1S/C18H21ClN2O2S/c1-10-4-6-13(19)15(8-10)23-12(3)17(22)21-18-20-14-7-5-11(2)9-16(14)24-18/h4,6,8,11-12H,5,7,9H2,1-3H3,(H,20,21,22)/t11-,12-/m0/s1. The molecule has 1 amide bonds. The van der Waals surface area contributed by atoms with E-state index in [-0.39, 0.29) is 5.91 Å². The smallest absolute Gasteiger partial charge is 0.266 e. The number of halogens is 1. The number of rotatable bonds is 4. The van der Waals surface area contributed by atoms with Crippen LogP contribution in [0.4, 0.5) is 5.13 Å². The third kappa shape index (κ3) is 3.90. The first-order valence-electron chi connectivity index (χ1n) is 8.14. The van der Waals surface area contributed by atoms with Crippen LogP contribution in [0.5, 0.6) is 5.75 Å². The Kier molecular flexibility index (Phi) is 5.11. The predicted octanol–water partition coefficient (Wildman–Crippen LogP) is 4.64. The van der Waals surface area contributed by atoms with Gasteiger partial charge in [-0.05, 0) is 56.7 Å². The number of carbonyl (C=O) groups excluding carboxylic acids is 1. The van der Waals surface area contributed by atoms with Gasteiger partial charge in [-0.1, -0.05) is 24.6 Å². The Labute approximate surface area is 151 Å². The van der Waals surface area contributed by atoms with Crippen LogP contribution in [0.1, 0.15) is 36.4 Å².